The Morgan fingerprint density at radius 2 is 1.56 bits per heavy atom. The van der Waals surface area contributed by atoms with Gasteiger partial charge in [0.2, 0.25) is 0 Å². The summed E-state index contributed by atoms with van der Waals surface area (Å²) in [7, 11) is 0. The maximum atomic E-state index is 11.9. The van der Waals surface area contributed by atoms with Crippen molar-refractivity contribution in [3.05, 3.63) is 52.9 Å². The van der Waals surface area contributed by atoms with Crippen LogP contribution in [-0.2, 0) is 4.79 Å². The Bertz CT molecular complexity index is 991. The molecule has 0 unspecified atom stereocenters. The summed E-state index contributed by atoms with van der Waals surface area (Å²) in [5.74, 6) is 2.67. The topological polar surface area (TPSA) is 66.0 Å². The van der Waals surface area contributed by atoms with Gasteiger partial charge >= 0.3 is 0 Å². The van der Waals surface area contributed by atoms with Gasteiger partial charge in [-0.3, -0.25) is 4.79 Å². The summed E-state index contributed by atoms with van der Waals surface area (Å²) in [6.07, 6.45) is 6.54. The van der Waals surface area contributed by atoms with Gasteiger partial charge in [-0.2, -0.15) is 0 Å². The second kappa shape index (κ2) is 13.9. The van der Waals surface area contributed by atoms with Gasteiger partial charge in [0.1, 0.15) is 29.0 Å². The number of carbonyl (C=O) groups is 1. The van der Waals surface area contributed by atoms with E-state index < -0.39 is 0 Å². The van der Waals surface area contributed by atoms with E-state index in [-0.39, 0.29) is 5.91 Å². The number of amides is 1. The smallest absolute Gasteiger partial charge is 0.263 e. The molecular weight excluding hydrogens is 470 g/mol. The van der Waals surface area contributed by atoms with E-state index in [1.807, 2.05) is 49.4 Å². The van der Waals surface area contributed by atoms with Gasteiger partial charge in [0.05, 0.1) is 18.1 Å². The molecule has 182 valence electrons. The van der Waals surface area contributed by atoms with E-state index in [4.69, 9.17) is 31.2 Å². The fraction of sp³-hybridized carbons (Fsp3) is 0.385. The van der Waals surface area contributed by atoms with Crippen LogP contribution in [0.25, 0.3) is 6.08 Å². The molecule has 3 rings (SSSR count). The van der Waals surface area contributed by atoms with Gasteiger partial charge in [-0.05, 0) is 61.4 Å². The Kier molecular flexibility index (Phi) is 10.6. The molecule has 1 N–H and O–H groups in total. The molecule has 1 heterocycles. The van der Waals surface area contributed by atoms with E-state index in [0.29, 0.717) is 40.5 Å². The van der Waals surface area contributed by atoms with Crippen LogP contribution in [0.5, 0.6) is 23.0 Å². The molecule has 1 aliphatic heterocycles. The number of benzene rings is 2. The molecule has 2 aromatic rings. The number of thiocarbonyl (C=S) groups is 1. The third-order valence-electron chi connectivity index (χ3n) is 4.91. The monoisotopic (exact) mass is 501 g/mol. The van der Waals surface area contributed by atoms with Crippen molar-refractivity contribution < 1.29 is 23.7 Å². The molecule has 0 aromatic heterocycles. The van der Waals surface area contributed by atoms with Gasteiger partial charge in [0.15, 0.2) is 11.5 Å². The lowest BCUT2D eigenvalue weighted by Crippen LogP contribution is -2.17. The van der Waals surface area contributed by atoms with E-state index >= 15 is 0 Å². The molecule has 0 spiro atoms. The van der Waals surface area contributed by atoms with Crippen LogP contribution in [0.1, 0.15) is 45.1 Å². The zero-order chi connectivity index (χ0) is 24.2. The molecule has 0 bridgehead atoms. The number of nitrogens with one attached hydrogen (secondary N) is 1. The first-order valence-corrected chi connectivity index (χ1v) is 12.8. The highest BCUT2D eigenvalue weighted by Crippen LogP contribution is 2.32. The van der Waals surface area contributed by atoms with Gasteiger partial charge < -0.3 is 24.3 Å². The number of hydrogen-bond donors (Lipinski definition) is 1. The maximum absolute atomic E-state index is 11.9. The Labute approximate surface area is 211 Å². The standard InChI is InChI=1S/C26H31NO5S2/c1-3-5-6-7-14-30-20-9-11-21(12-10-20)31-15-16-32-22-13-8-19(17-23(22)29-4-2)18-24-25(28)27-26(33)34-24/h8-13,17-18H,3-7,14-16H2,1-2H3,(H,27,28,33)/b24-18+. The highest BCUT2D eigenvalue weighted by atomic mass is 32.2. The number of thioether (sulfide) groups is 1. The number of ether oxygens (including phenoxy) is 4. The molecule has 8 heteroatoms. The van der Waals surface area contributed by atoms with Crippen molar-refractivity contribution >= 4 is 40.3 Å². The summed E-state index contributed by atoms with van der Waals surface area (Å²) < 4.78 is 23.6. The normalized spacial score (nSPS) is 14.2. The van der Waals surface area contributed by atoms with E-state index in [0.717, 1.165) is 30.1 Å². The Balaban J connectivity index is 1.47. The van der Waals surface area contributed by atoms with Crippen LogP contribution in [0.2, 0.25) is 0 Å². The lowest BCUT2D eigenvalue weighted by Gasteiger charge is -2.13. The van der Waals surface area contributed by atoms with Crippen LogP contribution in [0.15, 0.2) is 47.4 Å². The predicted molar refractivity (Wildman–Crippen MR) is 141 cm³/mol. The average Bonchev–Trinajstić information content (AvgIpc) is 3.15. The van der Waals surface area contributed by atoms with Crippen LogP contribution in [0, 0.1) is 0 Å². The van der Waals surface area contributed by atoms with Gasteiger partial charge in [0.25, 0.3) is 5.91 Å². The molecule has 2 aromatic carbocycles. The first-order valence-electron chi connectivity index (χ1n) is 11.6. The molecule has 1 fully saturated rings. The van der Waals surface area contributed by atoms with Crippen LogP contribution in [0.4, 0.5) is 0 Å². The first-order chi connectivity index (χ1) is 16.6. The lowest BCUT2D eigenvalue weighted by molar-refractivity contribution is -0.115. The summed E-state index contributed by atoms with van der Waals surface area (Å²) >= 11 is 6.28. The van der Waals surface area contributed by atoms with Crippen LogP contribution < -0.4 is 24.3 Å². The molecule has 6 nitrogen and oxygen atoms in total. The second-order valence-electron chi connectivity index (χ2n) is 7.57. The number of hydrogen-bond acceptors (Lipinski definition) is 7. The largest absolute Gasteiger partial charge is 0.494 e. The van der Waals surface area contributed by atoms with Crippen molar-refractivity contribution in [3.8, 4) is 23.0 Å². The summed E-state index contributed by atoms with van der Waals surface area (Å²) in [6, 6.07) is 13.2. The summed E-state index contributed by atoms with van der Waals surface area (Å²) in [6.45, 7) is 6.11. The van der Waals surface area contributed by atoms with Crippen molar-refractivity contribution in [3.63, 3.8) is 0 Å². The number of carbonyl (C=O) groups excluding carboxylic acids is 1. The molecule has 34 heavy (non-hydrogen) atoms. The SMILES string of the molecule is CCCCCCOc1ccc(OCCOc2ccc(/C=C3/SC(=S)NC3=O)cc2OCC)cc1. The van der Waals surface area contributed by atoms with E-state index in [1.165, 1.54) is 31.0 Å². The molecule has 0 aliphatic carbocycles. The maximum Gasteiger partial charge on any atom is 0.263 e. The average molecular weight is 502 g/mol. The summed E-state index contributed by atoms with van der Waals surface area (Å²) in [5, 5.41) is 2.61. The third-order valence-corrected chi connectivity index (χ3v) is 6.07. The molecule has 1 aliphatic rings. The van der Waals surface area contributed by atoms with E-state index in [1.54, 1.807) is 6.08 Å². The molecular formula is C26H31NO5S2. The fourth-order valence-electron chi connectivity index (χ4n) is 3.24. The minimum atomic E-state index is -0.183. The highest BCUT2D eigenvalue weighted by Gasteiger charge is 2.22. The van der Waals surface area contributed by atoms with E-state index in [2.05, 4.69) is 12.2 Å². The van der Waals surface area contributed by atoms with Crippen molar-refractivity contribution in [2.75, 3.05) is 26.4 Å². The van der Waals surface area contributed by atoms with Crippen molar-refractivity contribution in [1.29, 1.82) is 0 Å². The van der Waals surface area contributed by atoms with E-state index in [9.17, 15) is 4.79 Å². The molecule has 0 radical (unpaired) electrons. The van der Waals surface area contributed by atoms with Crippen LogP contribution >= 0.6 is 24.0 Å². The zero-order valence-electron chi connectivity index (χ0n) is 19.6. The molecule has 1 amide bonds. The van der Waals surface area contributed by atoms with Gasteiger partial charge in [-0.15, -0.1) is 0 Å². The van der Waals surface area contributed by atoms with Crippen molar-refractivity contribution in [2.45, 2.75) is 39.5 Å². The second-order valence-corrected chi connectivity index (χ2v) is 9.29. The predicted octanol–water partition coefficient (Wildman–Crippen LogP) is 5.99. The van der Waals surface area contributed by atoms with Crippen LogP contribution in [0.3, 0.4) is 0 Å². The van der Waals surface area contributed by atoms with Gasteiger partial charge in [-0.1, -0.05) is 56.2 Å². The highest BCUT2D eigenvalue weighted by molar-refractivity contribution is 8.26. The number of rotatable bonds is 14. The summed E-state index contributed by atoms with van der Waals surface area (Å²) in [4.78, 5) is 12.5. The Morgan fingerprint density at radius 3 is 2.21 bits per heavy atom. The first kappa shape index (κ1) is 25.9. The third kappa shape index (κ3) is 8.25. The van der Waals surface area contributed by atoms with Crippen LogP contribution in [-0.4, -0.2) is 36.7 Å². The quantitative estimate of drug-likeness (QED) is 0.194. The molecule has 0 atom stereocenters. The van der Waals surface area contributed by atoms with Crippen molar-refractivity contribution in [1.82, 2.24) is 5.32 Å². The Hall–Kier alpha value is -2.71. The van der Waals surface area contributed by atoms with Gasteiger partial charge in [-0.25, -0.2) is 0 Å². The number of unbranched alkanes of at least 4 members (excludes halogenated alkanes) is 3. The molecule has 0 saturated carbocycles. The zero-order valence-corrected chi connectivity index (χ0v) is 21.3. The summed E-state index contributed by atoms with van der Waals surface area (Å²) in [5.41, 5.74) is 0.835. The molecule has 1 saturated heterocycles. The van der Waals surface area contributed by atoms with Crippen molar-refractivity contribution in [2.24, 2.45) is 0 Å². The van der Waals surface area contributed by atoms with Gasteiger partial charge in [0, 0.05) is 0 Å². The fourth-order valence-corrected chi connectivity index (χ4v) is 4.28. The minimum Gasteiger partial charge on any atom is -0.494 e. The lowest BCUT2D eigenvalue weighted by atomic mass is 10.2. The minimum absolute atomic E-state index is 0.183. The Morgan fingerprint density at radius 1 is 0.853 bits per heavy atom.